The molecule has 0 aliphatic heterocycles. The summed E-state index contributed by atoms with van der Waals surface area (Å²) in [6, 6.07) is 25.0. The highest BCUT2D eigenvalue weighted by atomic mass is 16.5. The fourth-order valence-corrected chi connectivity index (χ4v) is 7.40. The van der Waals surface area contributed by atoms with E-state index in [2.05, 4.69) is 11.3 Å². The zero-order valence-corrected chi connectivity index (χ0v) is 31.7. The molecule has 0 atom stereocenters. The smallest absolute Gasteiger partial charge is 0.269 e. The Labute approximate surface area is 354 Å². The van der Waals surface area contributed by atoms with Gasteiger partial charge in [0, 0.05) is 38.2 Å². The number of nitrogens with zero attached hydrogens (tertiary/aromatic N) is 5. The molecule has 6 heteroatoms. The van der Waals surface area contributed by atoms with E-state index in [4.69, 9.17) is 26.2 Å². The van der Waals surface area contributed by atoms with Crippen molar-refractivity contribution in [3.8, 4) is 50.9 Å². The molecule has 4 heterocycles. The lowest BCUT2D eigenvalue weighted by molar-refractivity contribution is -0.571. The highest BCUT2D eigenvalue weighted by Gasteiger charge is 2.21. The van der Waals surface area contributed by atoms with Crippen molar-refractivity contribution in [1.82, 2.24) is 19.1 Å². The minimum atomic E-state index is -1.66. The highest BCUT2D eigenvalue weighted by molar-refractivity contribution is 6.09. The van der Waals surface area contributed by atoms with Crippen LogP contribution in [0.3, 0.4) is 0 Å². The second kappa shape index (κ2) is 14.3. The van der Waals surface area contributed by atoms with Gasteiger partial charge in [-0.05, 0) is 88.1 Å². The van der Waals surface area contributed by atoms with Crippen LogP contribution in [0.4, 0.5) is 0 Å². The lowest BCUT2D eigenvalue weighted by Gasteiger charge is -2.18. The summed E-state index contributed by atoms with van der Waals surface area (Å²) in [4.78, 5) is 9.11. The van der Waals surface area contributed by atoms with Gasteiger partial charge in [0.05, 0.1) is 47.1 Å². The van der Waals surface area contributed by atoms with Gasteiger partial charge in [-0.2, -0.15) is 0 Å². The van der Waals surface area contributed by atoms with Crippen LogP contribution in [0.1, 0.15) is 42.8 Å². The molecule has 0 aliphatic rings. The van der Waals surface area contributed by atoms with Crippen molar-refractivity contribution in [2.45, 2.75) is 27.1 Å². The summed E-state index contributed by atoms with van der Waals surface area (Å²) in [6.07, 6.45) is 6.86. The fourth-order valence-electron chi connectivity index (χ4n) is 7.40. The maximum Gasteiger partial charge on any atom is 0.269 e. The summed E-state index contributed by atoms with van der Waals surface area (Å²) in [5, 5.41) is 1.77. The predicted octanol–water partition coefficient (Wildman–Crippen LogP) is 12.3. The third kappa shape index (κ3) is 6.48. The van der Waals surface area contributed by atoms with Gasteiger partial charge in [-0.15, -0.1) is 0 Å². The molecule has 4 aromatic heterocycles. The minimum Gasteiger partial charge on any atom is -0.458 e. The number of aromatic nitrogens is 5. The number of para-hydroxylation sites is 3. The van der Waals surface area contributed by atoms with E-state index in [1.807, 2.05) is 79.9 Å². The van der Waals surface area contributed by atoms with Crippen LogP contribution in [0.5, 0.6) is 11.5 Å². The molecule has 0 unspecified atom stereocenters. The maximum atomic E-state index is 8.99. The summed E-state index contributed by atoms with van der Waals surface area (Å²) in [5.41, 5.74) is 3.28. The van der Waals surface area contributed by atoms with E-state index in [-0.39, 0.29) is 27.9 Å². The Kier molecular flexibility index (Phi) is 6.01. The van der Waals surface area contributed by atoms with Crippen molar-refractivity contribution in [2.75, 3.05) is 0 Å². The largest absolute Gasteiger partial charge is 0.458 e. The Hall–Kier alpha value is -7.31. The monoisotopic (exact) mass is 763 g/mol. The van der Waals surface area contributed by atoms with Crippen molar-refractivity contribution in [3.63, 3.8) is 0 Å². The Morgan fingerprint density at radius 1 is 0.690 bits per heavy atom. The predicted molar refractivity (Wildman–Crippen MR) is 234 cm³/mol. The number of benzene rings is 6. The van der Waals surface area contributed by atoms with Crippen molar-refractivity contribution >= 4 is 32.8 Å². The quantitative estimate of drug-likeness (QED) is 0.114. The van der Waals surface area contributed by atoms with E-state index < -0.39 is 72.2 Å². The van der Waals surface area contributed by atoms with Crippen LogP contribution in [0, 0.1) is 11.7 Å². The van der Waals surface area contributed by atoms with E-state index in [1.165, 1.54) is 0 Å². The van der Waals surface area contributed by atoms with Crippen molar-refractivity contribution in [2.24, 2.45) is 5.41 Å². The molecular weight excluding hydrogens is 711 g/mol. The first-order valence-electron chi connectivity index (χ1n) is 24.7. The van der Waals surface area contributed by atoms with Crippen LogP contribution < -0.4 is 9.30 Å². The van der Waals surface area contributed by atoms with E-state index in [0.29, 0.717) is 39.6 Å². The van der Waals surface area contributed by atoms with Gasteiger partial charge in [0.15, 0.2) is 0 Å². The lowest BCUT2D eigenvalue weighted by Crippen LogP contribution is -2.31. The summed E-state index contributed by atoms with van der Waals surface area (Å²) < 4.78 is 117. The third-order valence-corrected chi connectivity index (χ3v) is 9.71. The molecular formula is C52H41N5O. The molecule has 0 spiro atoms. The average molecular weight is 764 g/mol. The number of imidazole rings is 1. The van der Waals surface area contributed by atoms with Gasteiger partial charge in [-0.25, -0.2) is 4.98 Å². The van der Waals surface area contributed by atoms with Gasteiger partial charge < -0.3 is 4.74 Å². The molecule has 0 saturated carbocycles. The topological polar surface area (TPSA) is 48.8 Å². The molecule has 0 amide bonds. The average Bonchev–Trinajstić information content (AvgIpc) is 3.90. The number of fused-ring (bicyclic) bond motifs is 4. The molecule has 10 aromatic rings. The van der Waals surface area contributed by atoms with Gasteiger partial charge >= 0.3 is 0 Å². The summed E-state index contributed by atoms with van der Waals surface area (Å²) in [7, 11) is 0. The number of ether oxygens (including phenoxy) is 1. The Balaban J connectivity index is 1.13. The number of rotatable bonds is 8. The third-order valence-electron chi connectivity index (χ3n) is 9.71. The van der Waals surface area contributed by atoms with Gasteiger partial charge in [0.2, 0.25) is 0 Å². The highest BCUT2D eigenvalue weighted by Crippen LogP contribution is 2.37. The van der Waals surface area contributed by atoms with E-state index in [9.17, 15) is 0 Å². The number of hydrogen-bond acceptors (Lipinski definition) is 3. The molecule has 6 aromatic carbocycles. The standard InChI is InChI=1S/C52H41N5O/c1-52(2,3)33-36-26-29-54-50(30-36)57-46-27-28-53-34-45(46)44-25-24-41(32-49(44)57)58-40-19-12-18-39(31-40)55-35-56(48-23-11-10-22-47(48)55)51-42(37-14-6-4-7-15-37)20-13-21-43(51)38-16-8-5-9-17-38/h4-32,34H,33H2,1-3H3/i4D,5D,6D,7D,8D,9D,14D,15D,16D,17D,33D2. The second-order valence-electron chi connectivity index (χ2n) is 14.7. The first-order chi connectivity index (χ1) is 33.3. The maximum absolute atomic E-state index is 8.99. The minimum absolute atomic E-state index is 0.140. The first kappa shape index (κ1) is 24.4. The van der Waals surface area contributed by atoms with E-state index in [0.717, 1.165) is 21.8 Å². The van der Waals surface area contributed by atoms with Crippen LogP contribution >= 0.6 is 0 Å². The normalized spacial score (nSPS) is 14.9. The van der Waals surface area contributed by atoms with Gasteiger partial charge in [0.25, 0.3) is 6.33 Å². The molecule has 10 rings (SSSR count). The van der Waals surface area contributed by atoms with Gasteiger partial charge in [0.1, 0.15) is 17.3 Å². The lowest BCUT2D eigenvalue weighted by atomic mass is 9.88. The van der Waals surface area contributed by atoms with Gasteiger partial charge in [-0.3, -0.25) is 18.7 Å². The van der Waals surface area contributed by atoms with Crippen LogP contribution in [0.15, 0.2) is 182 Å². The Morgan fingerprint density at radius 2 is 1.41 bits per heavy atom. The Bertz CT molecular complexity index is 3660. The fraction of sp³-hybridized carbons (Fsp3) is 0.0962. The second-order valence-corrected chi connectivity index (χ2v) is 14.7. The number of hydrogen-bond donors (Lipinski definition) is 0. The summed E-state index contributed by atoms with van der Waals surface area (Å²) in [6.45, 7) is 5.60. The van der Waals surface area contributed by atoms with Gasteiger partial charge in [-0.1, -0.05) is 130 Å². The SMILES string of the molecule is [2H]c1c([2H])c([2H])c(-c2cccc(-c3c([2H])c([2H])c([2H])c([2H])c3[2H])c2-[n+]2[c-]n(-c3cccc(Oc4ccc5c6cnccc6n(-c6cc(C([2H])([2H])C(C)(C)C)ccn6)c5c4)c3)c3ccccc32)c([2H])c1[2H]. The van der Waals surface area contributed by atoms with E-state index >= 15 is 0 Å². The van der Waals surface area contributed by atoms with Crippen LogP contribution in [-0.4, -0.2) is 19.1 Å². The molecule has 280 valence electrons. The summed E-state index contributed by atoms with van der Waals surface area (Å²) in [5.74, 6) is 1.48. The zero-order valence-electron chi connectivity index (χ0n) is 43.7. The molecule has 0 N–H and O–H groups in total. The van der Waals surface area contributed by atoms with Crippen molar-refractivity contribution < 1.29 is 25.8 Å². The number of pyridine rings is 2. The Morgan fingerprint density at radius 3 is 2.17 bits per heavy atom. The van der Waals surface area contributed by atoms with Crippen molar-refractivity contribution in [1.29, 1.82) is 0 Å². The molecule has 58 heavy (non-hydrogen) atoms. The van der Waals surface area contributed by atoms with Crippen LogP contribution in [0.25, 0.3) is 72.3 Å². The molecule has 0 bridgehead atoms. The van der Waals surface area contributed by atoms with Crippen LogP contribution in [0.2, 0.25) is 0 Å². The zero-order chi connectivity index (χ0) is 49.7. The molecule has 0 radical (unpaired) electrons. The van der Waals surface area contributed by atoms with Crippen LogP contribution in [-0.2, 0) is 6.37 Å². The first-order valence-corrected chi connectivity index (χ1v) is 18.7. The van der Waals surface area contributed by atoms with Crippen molar-refractivity contribution in [3.05, 3.63) is 194 Å². The molecule has 6 nitrogen and oxygen atoms in total. The summed E-state index contributed by atoms with van der Waals surface area (Å²) >= 11 is 0. The molecule has 0 aliphatic carbocycles. The molecule has 0 saturated heterocycles. The molecule has 0 fully saturated rings. The van der Waals surface area contributed by atoms with E-state index in [1.54, 1.807) is 76.3 Å².